The normalized spacial score (nSPS) is 11.6. The van der Waals surface area contributed by atoms with Crippen LogP contribution in [0.2, 0.25) is 0 Å². The van der Waals surface area contributed by atoms with Crippen LogP contribution in [0.5, 0.6) is 5.75 Å². The molecule has 1 atom stereocenters. The van der Waals surface area contributed by atoms with Crippen LogP contribution in [0.3, 0.4) is 0 Å². The molecule has 0 aliphatic rings. The summed E-state index contributed by atoms with van der Waals surface area (Å²) in [6.45, 7) is 1.71. The largest absolute Gasteiger partial charge is 0.497 e. The van der Waals surface area contributed by atoms with E-state index >= 15 is 0 Å². The second-order valence-corrected chi connectivity index (χ2v) is 5.39. The van der Waals surface area contributed by atoms with Crippen molar-refractivity contribution >= 4 is 5.91 Å². The van der Waals surface area contributed by atoms with Crippen molar-refractivity contribution in [2.24, 2.45) is 0 Å². The maximum atomic E-state index is 12.4. The standard InChI is InChI=1S/C17H16N6O3/c1-10(21-17(25)14-7-11(26-2)3-6-19-14)16-22-13(8-15(24)23-16)12-4-5-18-9-20-12/h3-10H,1-2H3,(H,21,25)(H,22,23,24). The van der Waals surface area contributed by atoms with Crippen LogP contribution in [0.1, 0.15) is 29.3 Å². The molecule has 0 aliphatic heterocycles. The van der Waals surface area contributed by atoms with Crippen LogP contribution in [0, 0.1) is 0 Å². The Morgan fingerprint density at radius 1 is 1.19 bits per heavy atom. The first-order valence-corrected chi connectivity index (χ1v) is 7.75. The van der Waals surface area contributed by atoms with Crippen molar-refractivity contribution in [3.63, 3.8) is 0 Å². The van der Waals surface area contributed by atoms with Gasteiger partial charge >= 0.3 is 0 Å². The number of nitrogens with zero attached hydrogens (tertiary/aromatic N) is 4. The average Bonchev–Trinajstić information content (AvgIpc) is 2.68. The highest BCUT2D eigenvalue weighted by Crippen LogP contribution is 2.15. The highest BCUT2D eigenvalue weighted by atomic mass is 16.5. The molecule has 3 rings (SSSR count). The van der Waals surface area contributed by atoms with Gasteiger partial charge in [0.15, 0.2) is 0 Å². The minimum absolute atomic E-state index is 0.200. The number of carbonyl (C=O) groups is 1. The zero-order valence-corrected chi connectivity index (χ0v) is 14.1. The summed E-state index contributed by atoms with van der Waals surface area (Å²) >= 11 is 0. The number of amides is 1. The predicted octanol–water partition coefficient (Wildman–Crippen LogP) is 1.12. The van der Waals surface area contributed by atoms with Crippen molar-refractivity contribution < 1.29 is 9.53 Å². The van der Waals surface area contributed by atoms with Gasteiger partial charge in [0.1, 0.15) is 23.6 Å². The van der Waals surface area contributed by atoms with Crippen LogP contribution in [-0.2, 0) is 0 Å². The van der Waals surface area contributed by atoms with Crippen LogP contribution in [0.4, 0.5) is 0 Å². The minimum Gasteiger partial charge on any atom is -0.497 e. The van der Waals surface area contributed by atoms with Gasteiger partial charge in [0.25, 0.3) is 11.5 Å². The third-order valence-electron chi connectivity index (χ3n) is 3.56. The predicted molar refractivity (Wildman–Crippen MR) is 92.6 cm³/mol. The van der Waals surface area contributed by atoms with Crippen molar-refractivity contribution in [3.8, 4) is 17.1 Å². The molecule has 0 spiro atoms. The maximum Gasteiger partial charge on any atom is 0.270 e. The molecule has 9 nitrogen and oxygen atoms in total. The lowest BCUT2D eigenvalue weighted by Crippen LogP contribution is -2.30. The third-order valence-corrected chi connectivity index (χ3v) is 3.56. The van der Waals surface area contributed by atoms with Crippen LogP contribution < -0.4 is 15.6 Å². The Kier molecular flexibility index (Phi) is 4.97. The monoisotopic (exact) mass is 352 g/mol. The lowest BCUT2D eigenvalue weighted by Gasteiger charge is -2.14. The lowest BCUT2D eigenvalue weighted by molar-refractivity contribution is 0.0932. The number of rotatable bonds is 5. The molecule has 1 amide bonds. The van der Waals surface area contributed by atoms with E-state index in [1.807, 2.05) is 0 Å². The molecule has 0 aromatic carbocycles. The zero-order valence-electron chi connectivity index (χ0n) is 14.1. The highest BCUT2D eigenvalue weighted by molar-refractivity contribution is 5.92. The maximum absolute atomic E-state index is 12.4. The summed E-state index contributed by atoms with van der Waals surface area (Å²) in [6, 6.07) is 5.60. The fraction of sp³-hybridized carbons (Fsp3) is 0.176. The van der Waals surface area contributed by atoms with Crippen molar-refractivity contribution in [2.75, 3.05) is 7.11 Å². The number of nitrogens with one attached hydrogen (secondary N) is 2. The van der Waals surface area contributed by atoms with Gasteiger partial charge in [-0.2, -0.15) is 0 Å². The Bertz CT molecular complexity index is 973. The molecule has 0 saturated heterocycles. The lowest BCUT2D eigenvalue weighted by atomic mass is 10.2. The van der Waals surface area contributed by atoms with Crippen LogP contribution >= 0.6 is 0 Å². The first-order chi connectivity index (χ1) is 12.6. The van der Waals surface area contributed by atoms with E-state index in [4.69, 9.17) is 4.74 Å². The number of ether oxygens (including phenoxy) is 1. The van der Waals surface area contributed by atoms with Crippen molar-refractivity contribution in [1.82, 2.24) is 30.2 Å². The Morgan fingerprint density at radius 2 is 2.04 bits per heavy atom. The van der Waals surface area contributed by atoms with Crippen molar-refractivity contribution in [2.45, 2.75) is 13.0 Å². The van der Waals surface area contributed by atoms with Gasteiger partial charge in [0.05, 0.1) is 24.5 Å². The van der Waals surface area contributed by atoms with Gasteiger partial charge in [-0.25, -0.2) is 15.0 Å². The van der Waals surface area contributed by atoms with E-state index < -0.39 is 11.9 Å². The second-order valence-electron chi connectivity index (χ2n) is 5.39. The summed E-state index contributed by atoms with van der Waals surface area (Å²) in [6.07, 6.45) is 4.41. The number of H-pyrrole nitrogens is 1. The minimum atomic E-state index is -0.551. The van der Waals surface area contributed by atoms with E-state index in [1.165, 1.54) is 31.8 Å². The number of carbonyl (C=O) groups excluding carboxylic acids is 1. The molecular formula is C17H16N6O3. The molecule has 0 aliphatic carbocycles. The Labute approximate surface area is 148 Å². The van der Waals surface area contributed by atoms with Gasteiger partial charge in [0.2, 0.25) is 0 Å². The molecule has 9 heteroatoms. The molecule has 1 unspecified atom stereocenters. The summed E-state index contributed by atoms with van der Waals surface area (Å²) in [5.74, 6) is 0.420. The summed E-state index contributed by atoms with van der Waals surface area (Å²) in [5.41, 5.74) is 0.766. The molecule has 3 aromatic rings. The third kappa shape index (κ3) is 3.89. The highest BCUT2D eigenvalue weighted by Gasteiger charge is 2.16. The number of hydrogen-bond acceptors (Lipinski definition) is 7. The Morgan fingerprint density at radius 3 is 2.77 bits per heavy atom. The molecule has 3 aromatic heterocycles. The number of pyridine rings is 1. The fourth-order valence-electron chi connectivity index (χ4n) is 2.26. The number of aromatic amines is 1. The quantitative estimate of drug-likeness (QED) is 0.705. The second kappa shape index (κ2) is 7.51. The molecule has 0 radical (unpaired) electrons. The smallest absolute Gasteiger partial charge is 0.270 e. The van der Waals surface area contributed by atoms with Gasteiger partial charge in [-0.05, 0) is 19.1 Å². The molecular weight excluding hydrogens is 336 g/mol. The van der Waals surface area contributed by atoms with Crippen molar-refractivity contribution in [1.29, 1.82) is 0 Å². The number of aromatic nitrogens is 5. The number of methoxy groups -OCH3 is 1. The zero-order chi connectivity index (χ0) is 18.5. The SMILES string of the molecule is COc1ccnc(C(=O)NC(C)c2nc(-c3ccncn3)cc(=O)[nH]2)c1. The van der Waals surface area contributed by atoms with E-state index in [2.05, 4.69) is 30.2 Å². The van der Waals surface area contributed by atoms with Crippen LogP contribution in [0.25, 0.3) is 11.4 Å². The van der Waals surface area contributed by atoms with E-state index in [-0.39, 0.29) is 11.3 Å². The topological polar surface area (TPSA) is 123 Å². The van der Waals surface area contributed by atoms with Gasteiger partial charge < -0.3 is 15.0 Å². The van der Waals surface area contributed by atoms with E-state index in [0.29, 0.717) is 23.0 Å². The molecule has 3 heterocycles. The van der Waals surface area contributed by atoms with Crippen LogP contribution in [-0.4, -0.2) is 37.9 Å². The molecule has 0 fully saturated rings. The molecule has 0 saturated carbocycles. The Hall–Kier alpha value is -3.62. The first kappa shape index (κ1) is 17.2. The fourth-order valence-corrected chi connectivity index (χ4v) is 2.26. The van der Waals surface area contributed by atoms with Gasteiger partial charge in [-0.3, -0.25) is 14.6 Å². The first-order valence-electron chi connectivity index (χ1n) is 7.75. The molecule has 26 heavy (non-hydrogen) atoms. The summed E-state index contributed by atoms with van der Waals surface area (Å²) in [7, 11) is 1.51. The van der Waals surface area contributed by atoms with Crippen molar-refractivity contribution in [3.05, 3.63) is 64.9 Å². The Balaban J connectivity index is 1.83. The van der Waals surface area contributed by atoms with Gasteiger partial charge in [0, 0.05) is 24.5 Å². The van der Waals surface area contributed by atoms with Gasteiger partial charge in [-0.1, -0.05) is 0 Å². The van der Waals surface area contributed by atoms with E-state index in [0.717, 1.165) is 0 Å². The molecule has 0 bridgehead atoms. The summed E-state index contributed by atoms with van der Waals surface area (Å²) < 4.78 is 5.08. The van der Waals surface area contributed by atoms with Crippen LogP contribution in [0.15, 0.2) is 47.8 Å². The van der Waals surface area contributed by atoms with Gasteiger partial charge in [-0.15, -0.1) is 0 Å². The summed E-state index contributed by atoms with van der Waals surface area (Å²) in [4.78, 5) is 43.3. The van der Waals surface area contributed by atoms with E-state index in [1.54, 1.807) is 25.3 Å². The molecule has 132 valence electrons. The number of hydrogen-bond donors (Lipinski definition) is 2. The van der Waals surface area contributed by atoms with E-state index in [9.17, 15) is 9.59 Å². The summed E-state index contributed by atoms with van der Waals surface area (Å²) in [5, 5.41) is 2.75. The average molecular weight is 352 g/mol. The molecule has 2 N–H and O–H groups in total.